The van der Waals surface area contributed by atoms with Crippen LogP contribution in [-0.4, -0.2) is 11.1 Å². The number of nitrogens with one attached hydrogen (secondary N) is 1. The van der Waals surface area contributed by atoms with Gasteiger partial charge in [-0.3, -0.25) is 5.84 Å². The third kappa shape index (κ3) is 1.68. The van der Waals surface area contributed by atoms with Gasteiger partial charge in [-0.15, -0.1) is 0 Å². The van der Waals surface area contributed by atoms with Gasteiger partial charge < -0.3 is 5.11 Å². The number of anilines is 1. The Kier molecular flexibility index (Phi) is 2.08. The van der Waals surface area contributed by atoms with E-state index in [-0.39, 0.29) is 5.56 Å². The molecule has 0 atom stereocenters. The van der Waals surface area contributed by atoms with Crippen LogP contribution in [0.15, 0.2) is 24.3 Å². The molecule has 0 aliphatic rings. The number of hydrogen-bond donors (Lipinski definition) is 3. The van der Waals surface area contributed by atoms with Crippen molar-refractivity contribution < 1.29 is 15.7 Å². The van der Waals surface area contributed by atoms with Crippen LogP contribution >= 0.6 is 0 Å². The molecule has 4 heteroatoms. The molecule has 0 fully saturated rings. The number of carbonyl (C=O) groups is 1. The fraction of sp³-hybridized carbons (Fsp3) is 0. The maximum Gasteiger partial charge on any atom is 0.335 e. The molecule has 1 aromatic rings. The van der Waals surface area contributed by atoms with Crippen LogP contribution in [0.25, 0.3) is 0 Å². The Morgan fingerprint density at radius 3 is 2.27 bits per heavy atom. The summed E-state index contributed by atoms with van der Waals surface area (Å²) in [4.78, 5) is 10.4. The highest BCUT2D eigenvalue weighted by molar-refractivity contribution is 5.87. The molecule has 0 unspecified atom stereocenters. The summed E-state index contributed by atoms with van der Waals surface area (Å²) in [7, 11) is 0. The largest absolute Gasteiger partial charge is 0.478 e. The van der Waals surface area contributed by atoms with Gasteiger partial charge in [0.25, 0.3) is 0 Å². The van der Waals surface area contributed by atoms with E-state index in [2.05, 4.69) is 11.3 Å². The highest BCUT2D eigenvalue weighted by Gasteiger charge is 2.00. The quantitative estimate of drug-likeness (QED) is 0.521. The second-order valence-electron chi connectivity index (χ2n) is 2.06. The lowest BCUT2D eigenvalue weighted by Crippen LogP contribution is -2.56. The van der Waals surface area contributed by atoms with E-state index in [0.29, 0.717) is 0 Å². The minimum absolute atomic E-state index is 0.281. The molecule has 1 rings (SSSR count). The van der Waals surface area contributed by atoms with Gasteiger partial charge in [0, 0.05) is 0 Å². The summed E-state index contributed by atoms with van der Waals surface area (Å²) in [6.07, 6.45) is 0. The van der Waals surface area contributed by atoms with Crippen LogP contribution in [0.2, 0.25) is 0 Å². The molecular weight excluding hydrogens is 144 g/mol. The first-order valence-electron chi connectivity index (χ1n) is 3.10. The molecule has 4 nitrogen and oxygen atoms in total. The number of rotatable bonds is 2. The predicted molar refractivity (Wildman–Crippen MR) is 39.9 cm³/mol. The maximum absolute atomic E-state index is 10.4. The van der Waals surface area contributed by atoms with Crippen LogP contribution in [0.4, 0.5) is 5.69 Å². The van der Waals surface area contributed by atoms with Crippen molar-refractivity contribution in [1.29, 1.82) is 0 Å². The van der Waals surface area contributed by atoms with Crippen molar-refractivity contribution >= 4 is 11.7 Å². The predicted octanol–water partition coefficient (Wildman–Crippen LogP) is -0.0464. The van der Waals surface area contributed by atoms with Crippen molar-refractivity contribution in [3.05, 3.63) is 29.8 Å². The smallest absolute Gasteiger partial charge is 0.335 e. The first kappa shape index (κ1) is 7.56. The highest BCUT2D eigenvalue weighted by atomic mass is 16.4. The number of quaternary nitrogens is 1. The Hall–Kier alpha value is -1.55. The topological polar surface area (TPSA) is 77.0 Å². The summed E-state index contributed by atoms with van der Waals surface area (Å²) < 4.78 is 0. The number of carboxylic acid groups (broad SMARTS) is 1. The molecule has 0 bridgehead atoms. The van der Waals surface area contributed by atoms with E-state index in [0.717, 1.165) is 5.69 Å². The van der Waals surface area contributed by atoms with Crippen molar-refractivity contribution in [2.75, 3.05) is 5.43 Å². The minimum atomic E-state index is -0.916. The Balaban J connectivity index is 2.91. The monoisotopic (exact) mass is 153 g/mol. The van der Waals surface area contributed by atoms with Crippen LogP contribution in [0.5, 0.6) is 0 Å². The second kappa shape index (κ2) is 3.03. The van der Waals surface area contributed by atoms with Crippen molar-refractivity contribution in [2.24, 2.45) is 0 Å². The van der Waals surface area contributed by atoms with Crippen LogP contribution in [0.1, 0.15) is 10.4 Å². The molecule has 0 aliphatic heterocycles. The van der Waals surface area contributed by atoms with Gasteiger partial charge in [-0.05, 0) is 24.3 Å². The molecule has 58 valence electrons. The molecule has 1 aromatic carbocycles. The number of carboxylic acids is 1. The van der Waals surface area contributed by atoms with Gasteiger partial charge in [0.15, 0.2) is 0 Å². The zero-order valence-corrected chi connectivity index (χ0v) is 5.87. The van der Waals surface area contributed by atoms with E-state index < -0.39 is 5.97 Å². The number of benzene rings is 1. The van der Waals surface area contributed by atoms with Crippen molar-refractivity contribution in [2.45, 2.75) is 0 Å². The highest BCUT2D eigenvalue weighted by Crippen LogP contribution is 2.06. The standard InChI is InChI=1S/C7H8N2O2/c8-9-6-3-1-5(2-4-6)7(10)11/h1-4,9H,8H2,(H,10,11)/p+1. The molecule has 0 radical (unpaired) electrons. The Morgan fingerprint density at radius 1 is 1.36 bits per heavy atom. The molecular formula is C7H9N2O2+. The fourth-order valence-electron chi connectivity index (χ4n) is 0.731. The second-order valence-corrected chi connectivity index (χ2v) is 2.06. The van der Waals surface area contributed by atoms with Gasteiger partial charge in [-0.25, -0.2) is 10.2 Å². The number of hydrogen-bond acceptors (Lipinski definition) is 2. The molecule has 0 heterocycles. The van der Waals surface area contributed by atoms with Crippen molar-refractivity contribution in [3.63, 3.8) is 0 Å². The first-order valence-corrected chi connectivity index (χ1v) is 3.10. The Bertz CT molecular complexity index is 256. The Labute approximate surface area is 63.6 Å². The number of aromatic carboxylic acids is 1. The zero-order chi connectivity index (χ0) is 8.27. The SMILES string of the molecule is [NH3+]Nc1ccc(C(=O)O)cc1. The fourth-order valence-corrected chi connectivity index (χ4v) is 0.731. The lowest BCUT2D eigenvalue weighted by molar-refractivity contribution is -0.325. The zero-order valence-electron chi connectivity index (χ0n) is 5.87. The maximum atomic E-state index is 10.4. The molecule has 0 saturated heterocycles. The molecule has 11 heavy (non-hydrogen) atoms. The van der Waals surface area contributed by atoms with Crippen LogP contribution < -0.4 is 11.3 Å². The van der Waals surface area contributed by atoms with Gasteiger partial charge in [0.05, 0.1) is 11.3 Å². The molecule has 0 spiro atoms. The van der Waals surface area contributed by atoms with Gasteiger partial charge in [-0.2, -0.15) is 0 Å². The van der Waals surface area contributed by atoms with Crippen LogP contribution in [0, 0.1) is 0 Å². The van der Waals surface area contributed by atoms with Crippen molar-refractivity contribution in [1.82, 2.24) is 0 Å². The molecule has 0 aliphatic carbocycles. The lowest BCUT2D eigenvalue weighted by Gasteiger charge is -1.96. The van der Waals surface area contributed by atoms with Gasteiger partial charge in [0.2, 0.25) is 0 Å². The third-order valence-electron chi connectivity index (χ3n) is 1.34. The molecule has 0 aromatic heterocycles. The van der Waals surface area contributed by atoms with Crippen molar-refractivity contribution in [3.8, 4) is 0 Å². The first-order chi connectivity index (χ1) is 5.24. The van der Waals surface area contributed by atoms with Crippen LogP contribution in [-0.2, 0) is 0 Å². The summed E-state index contributed by atoms with van der Waals surface area (Å²) in [6.45, 7) is 0. The molecule has 0 saturated carbocycles. The van der Waals surface area contributed by atoms with Gasteiger partial charge in [0.1, 0.15) is 0 Å². The van der Waals surface area contributed by atoms with Crippen LogP contribution in [0.3, 0.4) is 0 Å². The van der Waals surface area contributed by atoms with E-state index in [1.165, 1.54) is 12.1 Å². The van der Waals surface area contributed by atoms with Gasteiger partial charge in [-0.1, -0.05) is 0 Å². The van der Waals surface area contributed by atoms with E-state index in [4.69, 9.17) is 5.11 Å². The summed E-state index contributed by atoms with van der Waals surface area (Å²) >= 11 is 0. The normalized spacial score (nSPS) is 9.18. The summed E-state index contributed by atoms with van der Waals surface area (Å²) in [5.74, 6) is 2.52. The van der Waals surface area contributed by atoms with E-state index in [1.54, 1.807) is 12.1 Å². The Morgan fingerprint density at radius 2 is 1.91 bits per heavy atom. The molecule has 0 amide bonds. The lowest BCUT2D eigenvalue weighted by atomic mass is 10.2. The molecule has 5 N–H and O–H groups in total. The summed E-state index contributed by atoms with van der Waals surface area (Å²) in [5, 5.41) is 8.51. The minimum Gasteiger partial charge on any atom is -0.478 e. The van der Waals surface area contributed by atoms with Gasteiger partial charge >= 0.3 is 5.97 Å². The average molecular weight is 153 g/mol. The van der Waals surface area contributed by atoms with E-state index >= 15 is 0 Å². The van der Waals surface area contributed by atoms with E-state index in [9.17, 15) is 4.79 Å². The third-order valence-corrected chi connectivity index (χ3v) is 1.34. The summed E-state index contributed by atoms with van der Waals surface area (Å²) in [6, 6.07) is 6.37. The summed E-state index contributed by atoms with van der Waals surface area (Å²) in [5.41, 5.74) is 3.73. The van der Waals surface area contributed by atoms with E-state index in [1.807, 2.05) is 0 Å². The average Bonchev–Trinajstić information content (AvgIpc) is 2.05.